The fourth-order valence-corrected chi connectivity index (χ4v) is 2.58. The predicted molar refractivity (Wildman–Crippen MR) is 79.0 cm³/mol. The quantitative estimate of drug-likeness (QED) is 0.936. The van der Waals surface area contributed by atoms with E-state index in [0.717, 1.165) is 30.6 Å². The Kier molecular flexibility index (Phi) is 3.53. The van der Waals surface area contributed by atoms with Gasteiger partial charge in [-0.15, -0.1) is 0 Å². The van der Waals surface area contributed by atoms with Crippen molar-refractivity contribution in [2.45, 2.75) is 52.2 Å². The van der Waals surface area contributed by atoms with Crippen LogP contribution in [0.2, 0.25) is 0 Å². The van der Waals surface area contributed by atoms with Crippen LogP contribution in [0.5, 0.6) is 0 Å². The van der Waals surface area contributed by atoms with Crippen molar-refractivity contribution in [1.29, 1.82) is 0 Å². The molecule has 0 saturated heterocycles. The Morgan fingerprint density at radius 2 is 2.19 bits per heavy atom. The molecule has 0 radical (unpaired) electrons. The van der Waals surface area contributed by atoms with E-state index in [0.29, 0.717) is 11.7 Å². The number of nitrogens with zero attached hydrogens (tertiary/aromatic N) is 4. The minimum absolute atomic E-state index is 0.0819. The average molecular weight is 287 g/mol. The Morgan fingerprint density at radius 1 is 1.38 bits per heavy atom. The largest absolute Gasteiger partial charge is 0.344 e. The van der Waals surface area contributed by atoms with Crippen molar-refractivity contribution >= 4 is 5.91 Å². The molecule has 0 spiro atoms. The third kappa shape index (κ3) is 2.70. The lowest BCUT2D eigenvalue weighted by atomic mass is 10.2. The molecule has 1 aliphatic rings. The summed E-state index contributed by atoms with van der Waals surface area (Å²) in [6.45, 7) is 7.03. The summed E-state index contributed by atoms with van der Waals surface area (Å²) in [5.41, 5.74) is 2.66. The molecule has 6 heteroatoms. The van der Waals surface area contributed by atoms with Crippen LogP contribution in [0.15, 0.2) is 18.5 Å². The molecule has 1 unspecified atom stereocenters. The summed E-state index contributed by atoms with van der Waals surface area (Å²) in [6.07, 6.45) is 5.91. The smallest absolute Gasteiger partial charge is 0.272 e. The molecule has 0 aliphatic carbocycles. The lowest BCUT2D eigenvalue weighted by Crippen LogP contribution is -2.27. The summed E-state index contributed by atoms with van der Waals surface area (Å²) >= 11 is 0. The highest BCUT2D eigenvalue weighted by atomic mass is 16.2. The number of aryl methyl sites for hydroxylation is 2. The first kappa shape index (κ1) is 13.9. The maximum Gasteiger partial charge on any atom is 0.272 e. The van der Waals surface area contributed by atoms with Crippen molar-refractivity contribution in [2.24, 2.45) is 0 Å². The van der Waals surface area contributed by atoms with Crippen LogP contribution < -0.4 is 5.32 Å². The van der Waals surface area contributed by atoms with Crippen LogP contribution in [-0.4, -0.2) is 25.5 Å². The van der Waals surface area contributed by atoms with Gasteiger partial charge >= 0.3 is 0 Å². The number of carbonyl (C=O) groups is 1. The van der Waals surface area contributed by atoms with Crippen molar-refractivity contribution < 1.29 is 4.79 Å². The molecule has 112 valence electrons. The first-order valence-corrected chi connectivity index (χ1v) is 7.46. The lowest BCUT2D eigenvalue weighted by Gasteiger charge is -2.11. The van der Waals surface area contributed by atoms with Gasteiger partial charge in [0.05, 0.1) is 12.2 Å². The van der Waals surface area contributed by atoms with Crippen LogP contribution in [0.1, 0.15) is 61.0 Å². The molecule has 3 rings (SSSR count). The Bertz CT molecular complexity index is 633. The van der Waals surface area contributed by atoms with E-state index < -0.39 is 0 Å². The second kappa shape index (κ2) is 5.35. The summed E-state index contributed by atoms with van der Waals surface area (Å²) in [7, 11) is 0. The van der Waals surface area contributed by atoms with Gasteiger partial charge < -0.3 is 5.32 Å². The maximum absolute atomic E-state index is 12.3. The zero-order valence-electron chi connectivity index (χ0n) is 12.7. The van der Waals surface area contributed by atoms with Gasteiger partial charge in [0.2, 0.25) is 0 Å². The molecule has 2 aromatic heterocycles. The molecule has 0 saturated carbocycles. The monoisotopic (exact) mass is 287 g/mol. The van der Waals surface area contributed by atoms with Crippen LogP contribution in [0, 0.1) is 0 Å². The third-order valence-corrected chi connectivity index (χ3v) is 3.90. The standard InChI is InChI=1S/C15H21N5O/c1-10(2)20-9-12(8-16-20)11(3)17-15(21)14-7-13-5-4-6-19(13)18-14/h7-11H,4-6H2,1-3H3,(H,17,21). The van der Waals surface area contributed by atoms with E-state index in [1.165, 1.54) is 0 Å². The normalized spacial score (nSPS) is 15.2. The Balaban J connectivity index is 1.68. The number of carbonyl (C=O) groups excluding carboxylic acids is 1. The van der Waals surface area contributed by atoms with Crippen LogP contribution in [0.4, 0.5) is 0 Å². The SMILES string of the molecule is CC(NC(=O)c1cc2n(n1)CCC2)c1cnn(C(C)C)c1. The highest BCUT2D eigenvalue weighted by Gasteiger charge is 2.20. The van der Waals surface area contributed by atoms with Gasteiger partial charge in [0, 0.05) is 30.0 Å². The van der Waals surface area contributed by atoms with Gasteiger partial charge in [-0.05, 0) is 39.7 Å². The molecule has 0 aromatic carbocycles. The molecule has 21 heavy (non-hydrogen) atoms. The number of nitrogens with one attached hydrogen (secondary N) is 1. The van der Waals surface area contributed by atoms with E-state index in [2.05, 4.69) is 29.4 Å². The van der Waals surface area contributed by atoms with E-state index in [1.807, 2.05) is 28.6 Å². The van der Waals surface area contributed by atoms with Gasteiger partial charge in [-0.25, -0.2) is 0 Å². The van der Waals surface area contributed by atoms with Crippen molar-refractivity contribution in [3.8, 4) is 0 Å². The van der Waals surface area contributed by atoms with Gasteiger partial charge in [-0.2, -0.15) is 10.2 Å². The summed E-state index contributed by atoms with van der Waals surface area (Å²) in [5.74, 6) is -0.123. The summed E-state index contributed by atoms with van der Waals surface area (Å²) in [5, 5.41) is 11.6. The van der Waals surface area contributed by atoms with Gasteiger partial charge in [-0.3, -0.25) is 14.2 Å². The molecule has 1 aliphatic heterocycles. The second-order valence-electron chi connectivity index (χ2n) is 5.89. The molecule has 3 heterocycles. The topological polar surface area (TPSA) is 64.7 Å². The van der Waals surface area contributed by atoms with Gasteiger partial charge in [0.1, 0.15) is 5.69 Å². The molecule has 2 aromatic rings. The number of aromatic nitrogens is 4. The van der Waals surface area contributed by atoms with Crippen molar-refractivity contribution in [3.05, 3.63) is 35.4 Å². The molecular weight excluding hydrogens is 266 g/mol. The Hall–Kier alpha value is -2.11. The molecular formula is C15H21N5O. The number of hydrogen-bond donors (Lipinski definition) is 1. The van der Waals surface area contributed by atoms with Crippen LogP contribution in [0.3, 0.4) is 0 Å². The minimum atomic E-state index is -0.123. The molecule has 1 atom stereocenters. The Morgan fingerprint density at radius 3 is 2.86 bits per heavy atom. The fraction of sp³-hybridized carbons (Fsp3) is 0.533. The average Bonchev–Trinajstić information content (AvgIpc) is 3.13. The van der Waals surface area contributed by atoms with E-state index in [-0.39, 0.29) is 11.9 Å². The summed E-state index contributed by atoms with van der Waals surface area (Å²) < 4.78 is 3.82. The predicted octanol–water partition coefficient (Wildman–Crippen LogP) is 2.10. The van der Waals surface area contributed by atoms with Crippen LogP contribution in [-0.2, 0) is 13.0 Å². The molecule has 1 N–H and O–H groups in total. The van der Waals surface area contributed by atoms with E-state index in [9.17, 15) is 4.79 Å². The zero-order chi connectivity index (χ0) is 15.0. The zero-order valence-corrected chi connectivity index (χ0v) is 12.7. The molecule has 0 bridgehead atoms. The summed E-state index contributed by atoms with van der Waals surface area (Å²) in [4.78, 5) is 12.3. The van der Waals surface area contributed by atoms with Crippen molar-refractivity contribution in [3.63, 3.8) is 0 Å². The Labute approximate surface area is 124 Å². The third-order valence-electron chi connectivity index (χ3n) is 3.90. The minimum Gasteiger partial charge on any atom is -0.344 e. The first-order valence-electron chi connectivity index (χ1n) is 7.46. The lowest BCUT2D eigenvalue weighted by molar-refractivity contribution is 0.0934. The highest BCUT2D eigenvalue weighted by Crippen LogP contribution is 2.17. The number of fused-ring (bicyclic) bond motifs is 1. The van der Waals surface area contributed by atoms with Gasteiger partial charge in [0.15, 0.2) is 0 Å². The second-order valence-corrected chi connectivity index (χ2v) is 5.89. The fourth-order valence-electron chi connectivity index (χ4n) is 2.58. The highest BCUT2D eigenvalue weighted by molar-refractivity contribution is 5.92. The van der Waals surface area contributed by atoms with Gasteiger partial charge in [0.25, 0.3) is 5.91 Å². The molecule has 1 amide bonds. The molecule has 0 fully saturated rings. The number of rotatable bonds is 4. The van der Waals surface area contributed by atoms with E-state index in [1.54, 1.807) is 6.20 Å². The number of hydrogen-bond acceptors (Lipinski definition) is 3. The van der Waals surface area contributed by atoms with E-state index in [4.69, 9.17) is 0 Å². The van der Waals surface area contributed by atoms with Crippen LogP contribution >= 0.6 is 0 Å². The van der Waals surface area contributed by atoms with E-state index >= 15 is 0 Å². The maximum atomic E-state index is 12.3. The summed E-state index contributed by atoms with van der Waals surface area (Å²) in [6, 6.07) is 2.13. The van der Waals surface area contributed by atoms with Crippen molar-refractivity contribution in [2.75, 3.05) is 0 Å². The molecule has 6 nitrogen and oxygen atoms in total. The first-order chi connectivity index (χ1) is 10.0. The van der Waals surface area contributed by atoms with Crippen molar-refractivity contribution in [1.82, 2.24) is 24.9 Å². The number of amides is 1. The van der Waals surface area contributed by atoms with Gasteiger partial charge in [-0.1, -0.05) is 0 Å². The van der Waals surface area contributed by atoms with Crippen LogP contribution in [0.25, 0.3) is 0 Å².